The second-order valence-corrected chi connectivity index (χ2v) is 1.52. The van der Waals surface area contributed by atoms with Gasteiger partial charge in [-0.2, -0.15) is 0 Å². The van der Waals surface area contributed by atoms with Crippen LogP contribution >= 0.6 is 0 Å². The zero-order valence-corrected chi connectivity index (χ0v) is 5.82. The monoisotopic (exact) mass is 116 g/mol. The van der Waals surface area contributed by atoms with Crippen molar-refractivity contribution in [1.82, 2.24) is 0 Å². The number of ether oxygens (including phenoxy) is 2. The van der Waals surface area contributed by atoms with Gasteiger partial charge in [-0.1, -0.05) is 0 Å². The molecule has 0 aromatic carbocycles. The first-order chi connectivity index (χ1) is 3.72. The van der Waals surface area contributed by atoms with Crippen LogP contribution in [0.5, 0.6) is 0 Å². The molecule has 0 heterocycles. The molecule has 0 amide bonds. The van der Waals surface area contributed by atoms with Gasteiger partial charge in [-0.05, 0) is 13.8 Å². The van der Waals surface area contributed by atoms with Crippen LogP contribution < -0.4 is 0 Å². The van der Waals surface area contributed by atoms with E-state index in [-0.39, 0.29) is 0 Å². The summed E-state index contributed by atoms with van der Waals surface area (Å²) in [7, 11) is 3.25. The van der Waals surface area contributed by atoms with Crippen LogP contribution in [0, 0.1) is 0 Å². The summed E-state index contributed by atoms with van der Waals surface area (Å²) >= 11 is 0. The quantitative estimate of drug-likeness (QED) is 0.509. The van der Waals surface area contributed by atoms with E-state index in [1.165, 1.54) is 0 Å². The van der Waals surface area contributed by atoms with Crippen molar-refractivity contribution in [2.75, 3.05) is 14.2 Å². The minimum Gasteiger partial charge on any atom is -0.498 e. The summed E-state index contributed by atoms with van der Waals surface area (Å²) in [4.78, 5) is 0. The van der Waals surface area contributed by atoms with Crippen molar-refractivity contribution in [1.29, 1.82) is 0 Å². The van der Waals surface area contributed by atoms with Gasteiger partial charge in [-0.15, -0.1) is 0 Å². The Morgan fingerprint density at radius 3 is 1.25 bits per heavy atom. The van der Waals surface area contributed by atoms with Crippen LogP contribution in [0.15, 0.2) is 11.5 Å². The normalized spacial score (nSPS) is 12.5. The topological polar surface area (TPSA) is 18.5 Å². The maximum atomic E-state index is 4.86. The molecule has 0 bridgehead atoms. The third-order valence-corrected chi connectivity index (χ3v) is 1.11. The third kappa shape index (κ3) is 1.87. The van der Waals surface area contributed by atoms with E-state index in [0.29, 0.717) is 0 Å². The van der Waals surface area contributed by atoms with E-state index in [1.54, 1.807) is 14.2 Å². The molecule has 2 heteroatoms. The maximum absolute atomic E-state index is 4.86. The molecule has 0 N–H and O–H groups in total. The van der Waals surface area contributed by atoms with Crippen molar-refractivity contribution >= 4 is 0 Å². The van der Waals surface area contributed by atoms with Gasteiger partial charge in [0.1, 0.15) is 11.5 Å². The van der Waals surface area contributed by atoms with Gasteiger partial charge < -0.3 is 9.47 Å². The summed E-state index contributed by atoms with van der Waals surface area (Å²) in [6, 6.07) is 0. The lowest BCUT2D eigenvalue weighted by Gasteiger charge is -2.02. The highest BCUT2D eigenvalue weighted by atomic mass is 16.5. The number of methoxy groups -OCH3 is 2. The summed E-state index contributed by atoms with van der Waals surface area (Å²) in [5.41, 5.74) is 0. The average Bonchev–Trinajstić information content (AvgIpc) is 1.84. The molecule has 0 aliphatic carbocycles. The minimum atomic E-state index is 0.826. The molecule has 0 fully saturated rings. The van der Waals surface area contributed by atoms with E-state index in [4.69, 9.17) is 9.47 Å². The molecule has 0 saturated carbocycles. The predicted octanol–water partition coefficient (Wildman–Crippen LogP) is 1.53. The van der Waals surface area contributed by atoms with Gasteiger partial charge in [0.2, 0.25) is 0 Å². The molecule has 0 aromatic heterocycles. The molecule has 0 spiro atoms. The Balaban J connectivity index is 3.83. The van der Waals surface area contributed by atoms with E-state index in [0.717, 1.165) is 11.5 Å². The van der Waals surface area contributed by atoms with E-state index >= 15 is 0 Å². The zero-order valence-electron chi connectivity index (χ0n) is 5.82. The van der Waals surface area contributed by atoms with Crippen molar-refractivity contribution in [3.05, 3.63) is 11.5 Å². The van der Waals surface area contributed by atoms with Crippen LogP contribution in [-0.4, -0.2) is 14.2 Å². The number of allylic oxidation sites excluding steroid dienone is 2. The largest absolute Gasteiger partial charge is 0.498 e. The van der Waals surface area contributed by atoms with E-state index < -0.39 is 0 Å². The van der Waals surface area contributed by atoms with Crippen LogP contribution in [0.4, 0.5) is 0 Å². The molecule has 2 nitrogen and oxygen atoms in total. The van der Waals surface area contributed by atoms with Gasteiger partial charge in [0, 0.05) is 0 Å². The van der Waals surface area contributed by atoms with E-state index in [2.05, 4.69) is 0 Å². The molecule has 0 aromatic rings. The lowest BCUT2D eigenvalue weighted by Crippen LogP contribution is -1.87. The lowest BCUT2D eigenvalue weighted by molar-refractivity contribution is 0.224. The average molecular weight is 116 g/mol. The van der Waals surface area contributed by atoms with Gasteiger partial charge in [-0.3, -0.25) is 0 Å². The first kappa shape index (κ1) is 7.34. The number of hydrogen-bond acceptors (Lipinski definition) is 2. The summed E-state index contributed by atoms with van der Waals surface area (Å²) in [5, 5.41) is 0. The van der Waals surface area contributed by atoms with Crippen LogP contribution in [0.25, 0.3) is 0 Å². The molecule has 0 aliphatic rings. The maximum Gasteiger partial charge on any atom is 0.130 e. The van der Waals surface area contributed by atoms with Crippen LogP contribution in [0.3, 0.4) is 0 Å². The first-order valence-corrected chi connectivity index (χ1v) is 2.47. The van der Waals surface area contributed by atoms with Crippen molar-refractivity contribution in [3.63, 3.8) is 0 Å². The van der Waals surface area contributed by atoms with Gasteiger partial charge in [-0.25, -0.2) is 0 Å². The first-order valence-electron chi connectivity index (χ1n) is 2.47. The molecule has 48 valence electrons. The fourth-order valence-corrected chi connectivity index (χ4v) is 0.287. The molecule has 0 saturated heterocycles. The van der Waals surface area contributed by atoms with Crippen molar-refractivity contribution in [2.45, 2.75) is 13.8 Å². The second kappa shape index (κ2) is 3.36. The Morgan fingerprint density at radius 1 is 0.875 bits per heavy atom. The van der Waals surface area contributed by atoms with Crippen LogP contribution in [-0.2, 0) is 9.47 Å². The van der Waals surface area contributed by atoms with E-state index in [9.17, 15) is 0 Å². The van der Waals surface area contributed by atoms with Crippen molar-refractivity contribution in [2.24, 2.45) is 0 Å². The van der Waals surface area contributed by atoms with Crippen molar-refractivity contribution < 1.29 is 9.47 Å². The fourth-order valence-electron chi connectivity index (χ4n) is 0.287. The smallest absolute Gasteiger partial charge is 0.130 e. The second-order valence-electron chi connectivity index (χ2n) is 1.52. The fraction of sp³-hybridized carbons (Fsp3) is 0.667. The standard InChI is InChI=1S/C6H12O2/c1-5(7-3)6(2)8-4/h1-4H3/b6-5+. The highest BCUT2D eigenvalue weighted by Gasteiger charge is 1.91. The van der Waals surface area contributed by atoms with Gasteiger partial charge >= 0.3 is 0 Å². The van der Waals surface area contributed by atoms with Crippen LogP contribution in [0.2, 0.25) is 0 Å². The molecule has 0 rings (SSSR count). The Hall–Kier alpha value is -0.660. The molecule has 0 radical (unpaired) electrons. The highest BCUT2D eigenvalue weighted by Crippen LogP contribution is 2.02. The Bertz CT molecular complexity index is 82.7. The molecular weight excluding hydrogens is 104 g/mol. The number of rotatable bonds is 2. The van der Waals surface area contributed by atoms with Gasteiger partial charge in [0.05, 0.1) is 14.2 Å². The van der Waals surface area contributed by atoms with Crippen LogP contribution in [0.1, 0.15) is 13.8 Å². The highest BCUT2D eigenvalue weighted by molar-refractivity contribution is 4.93. The van der Waals surface area contributed by atoms with Crippen molar-refractivity contribution in [3.8, 4) is 0 Å². The predicted molar refractivity (Wildman–Crippen MR) is 32.4 cm³/mol. The lowest BCUT2D eigenvalue weighted by atomic mass is 10.5. The number of hydrogen-bond donors (Lipinski definition) is 0. The molecular formula is C6H12O2. The molecule has 0 atom stereocenters. The Morgan fingerprint density at radius 2 is 1.12 bits per heavy atom. The Kier molecular flexibility index (Phi) is 3.08. The molecule has 0 unspecified atom stereocenters. The minimum absolute atomic E-state index is 0.826. The Labute approximate surface area is 50.1 Å². The van der Waals surface area contributed by atoms with E-state index in [1.807, 2.05) is 13.8 Å². The summed E-state index contributed by atoms with van der Waals surface area (Å²) in [6.07, 6.45) is 0. The molecule has 8 heavy (non-hydrogen) atoms. The third-order valence-electron chi connectivity index (χ3n) is 1.11. The SMILES string of the molecule is CO/C(C)=C(\C)OC. The van der Waals surface area contributed by atoms with Gasteiger partial charge in [0.15, 0.2) is 0 Å². The summed E-state index contributed by atoms with van der Waals surface area (Å²) in [6.45, 7) is 3.72. The van der Waals surface area contributed by atoms with Gasteiger partial charge in [0.25, 0.3) is 0 Å². The molecule has 0 aliphatic heterocycles. The zero-order chi connectivity index (χ0) is 6.57. The summed E-state index contributed by atoms with van der Waals surface area (Å²) in [5.74, 6) is 1.65. The summed E-state index contributed by atoms with van der Waals surface area (Å²) < 4.78 is 9.71.